The molecule has 0 saturated carbocycles. The number of carbonyl (C=O) groups excluding carboxylic acids is 1. The summed E-state index contributed by atoms with van der Waals surface area (Å²) in [5.74, 6) is -0.410. The standard InChI is InChI=1S/C16H16N6O3S/c1-9(22-15(24)10-5-2-3-6-11(10)18-21-22)13(23)17-16-20-19-14(26-16)12-7-4-8-25-12/h2-3,5-6,9,12H,4,7-8H2,1H3,(H,17,20,23). The number of hydrogen-bond acceptors (Lipinski definition) is 8. The molecule has 2 atom stereocenters. The minimum absolute atomic E-state index is 0.0513. The Labute approximate surface area is 152 Å². The molecule has 10 heteroatoms. The van der Waals surface area contributed by atoms with E-state index in [1.807, 2.05) is 0 Å². The van der Waals surface area contributed by atoms with Crippen LogP contribution in [0.25, 0.3) is 10.9 Å². The number of aromatic nitrogens is 5. The van der Waals surface area contributed by atoms with Crippen LogP contribution in [-0.4, -0.2) is 37.7 Å². The zero-order valence-corrected chi connectivity index (χ0v) is 14.8. The maximum absolute atomic E-state index is 12.5. The molecule has 1 amide bonds. The number of amides is 1. The van der Waals surface area contributed by atoms with Crippen LogP contribution < -0.4 is 10.9 Å². The van der Waals surface area contributed by atoms with Crippen molar-refractivity contribution in [1.82, 2.24) is 25.2 Å². The van der Waals surface area contributed by atoms with Crippen LogP contribution in [0.4, 0.5) is 5.13 Å². The average Bonchev–Trinajstić information content (AvgIpc) is 3.33. The fraction of sp³-hybridized carbons (Fsp3) is 0.375. The van der Waals surface area contributed by atoms with Gasteiger partial charge in [0, 0.05) is 6.61 Å². The van der Waals surface area contributed by atoms with Crippen molar-refractivity contribution in [3.63, 3.8) is 0 Å². The average molecular weight is 372 g/mol. The number of hydrogen-bond donors (Lipinski definition) is 1. The monoisotopic (exact) mass is 372 g/mol. The van der Waals surface area contributed by atoms with Gasteiger partial charge in [0.05, 0.1) is 5.39 Å². The van der Waals surface area contributed by atoms with Crippen LogP contribution in [0.5, 0.6) is 0 Å². The summed E-state index contributed by atoms with van der Waals surface area (Å²) < 4.78 is 6.63. The predicted molar refractivity (Wildman–Crippen MR) is 95.0 cm³/mol. The van der Waals surface area contributed by atoms with Crippen molar-refractivity contribution in [2.75, 3.05) is 11.9 Å². The molecule has 0 aliphatic carbocycles. The molecule has 3 heterocycles. The Morgan fingerprint density at radius 1 is 1.35 bits per heavy atom. The van der Waals surface area contributed by atoms with Crippen molar-refractivity contribution >= 4 is 33.3 Å². The quantitative estimate of drug-likeness (QED) is 0.741. The molecule has 1 aliphatic rings. The SMILES string of the molecule is CC(C(=O)Nc1nnc(C2CCCO2)s1)n1nnc2ccccc2c1=O. The smallest absolute Gasteiger partial charge is 0.278 e. The summed E-state index contributed by atoms with van der Waals surface area (Å²) in [7, 11) is 0. The van der Waals surface area contributed by atoms with Gasteiger partial charge in [0.15, 0.2) is 0 Å². The lowest BCUT2D eigenvalue weighted by atomic mass is 10.2. The van der Waals surface area contributed by atoms with Gasteiger partial charge in [-0.25, -0.2) is 0 Å². The van der Waals surface area contributed by atoms with E-state index in [9.17, 15) is 9.59 Å². The molecule has 134 valence electrons. The zero-order valence-electron chi connectivity index (χ0n) is 14.0. The van der Waals surface area contributed by atoms with Crippen LogP contribution >= 0.6 is 11.3 Å². The summed E-state index contributed by atoms with van der Waals surface area (Å²) in [4.78, 5) is 25.0. The van der Waals surface area contributed by atoms with Gasteiger partial charge in [-0.05, 0) is 31.9 Å². The lowest BCUT2D eigenvalue weighted by molar-refractivity contribution is -0.119. The van der Waals surface area contributed by atoms with E-state index < -0.39 is 11.9 Å². The first-order valence-corrected chi connectivity index (χ1v) is 9.05. The molecular weight excluding hydrogens is 356 g/mol. The Bertz CT molecular complexity index is 1010. The molecule has 2 aromatic heterocycles. The van der Waals surface area contributed by atoms with Crippen molar-refractivity contribution in [1.29, 1.82) is 0 Å². The van der Waals surface area contributed by atoms with Crippen LogP contribution in [-0.2, 0) is 9.53 Å². The van der Waals surface area contributed by atoms with Crippen molar-refractivity contribution in [2.24, 2.45) is 0 Å². The predicted octanol–water partition coefficient (Wildman–Crippen LogP) is 1.69. The molecule has 0 radical (unpaired) electrons. The van der Waals surface area contributed by atoms with Crippen molar-refractivity contribution in [2.45, 2.75) is 31.9 Å². The van der Waals surface area contributed by atoms with Crippen molar-refractivity contribution < 1.29 is 9.53 Å². The Morgan fingerprint density at radius 3 is 3.00 bits per heavy atom. The van der Waals surface area contributed by atoms with Gasteiger partial charge < -0.3 is 4.74 Å². The van der Waals surface area contributed by atoms with Gasteiger partial charge in [-0.1, -0.05) is 28.7 Å². The highest BCUT2D eigenvalue weighted by molar-refractivity contribution is 7.15. The second-order valence-corrected chi connectivity index (χ2v) is 6.98. The van der Waals surface area contributed by atoms with Crippen LogP contribution in [0.15, 0.2) is 29.1 Å². The van der Waals surface area contributed by atoms with E-state index in [-0.39, 0.29) is 11.7 Å². The fourth-order valence-corrected chi connectivity index (χ4v) is 3.59. The van der Waals surface area contributed by atoms with E-state index in [1.165, 1.54) is 11.3 Å². The molecule has 4 rings (SSSR count). The highest BCUT2D eigenvalue weighted by atomic mass is 32.1. The molecule has 3 aromatic rings. The summed E-state index contributed by atoms with van der Waals surface area (Å²) in [5, 5.41) is 20.1. The van der Waals surface area contributed by atoms with Crippen LogP contribution in [0.2, 0.25) is 0 Å². The Hall–Kier alpha value is -2.72. The van der Waals surface area contributed by atoms with Crippen LogP contribution in [0, 0.1) is 0 Å². The first-order valence-electron chi connectivity index (χ1n) is 8.23. The van der Waals surface area contributed by atoms with Crippen molar-refractivity contribution in [3.8, 4) is 0 Å². The molecule has 9 nitrogen and oxygen atoms in total. The van der Waals surface area contributed by atoms with Crippen LogP contribution in [0.1, 0.15) is 36.9 Å². The zero-order chi connectivity index (χ0) is 18.1. The Morgan fingerprint density at radius 2 is 2.19 bits per heavy atom. The number of anilines is 1. The Kier molecular flexibility index (Phi) is 4.43. The number of nitrogens with zero attached hydrogens (tertiary/aromatic N) is 5. The maximum atomic E-state index is 12.5. The highest BCUT2D eigenvalue weighted by Crippen LogP contribution is 2.32. The van der Waals surface area contributed by atoms with E-state index >= 15 is 0 Å². The van der Waals surface area contributed by atoms with E-state index in [1.54, 1.807) is 31.2 Å². The normalized spacial score (nSPS) is 18.1. The number of rotatable bonds is 4. The third-order valence-electron chi connectivity index (χ3n) is 4.21. The summed E-state index contributed by atoms with van der Waals surface area (Å²) >= 11 is 1.28. The third kappa shape index (κ3) is 3.08. The number of carbonyl (C=O) groups is 1. The van der Waals surface area contributed by atoms with Crippen LogP contribution in [0.3, 0.4) is 0 Å². The van der Waals surface area contributed by atoms with Gasteiger partial charge in [-0.15, -0.1) is 15.3 Å². The first kappa shape index (κ1) is 16.7. The minimum Gasteiger partial charge on any atom is -0.371 e. The molecule has 2 unspecified atom stereocenters. The summed E-state index contributed by atoms with van der Waals surface area (Å²) in [6.45, 7) is 2.30. The van der Waals surface area contributed by atoms with Gasteiger partial charge in [0.25, 0.3) is 11.5 Å². The lowest BCUT2D eigenvalue weighted by Gasteiger charge is -2.12. The van der Waals surface area contributed by atoms with Gasteiger partial charge in [0.2, 0.25) is 5.13 Å². The topological polar surface area (TPSA) is 112 Å². The van der Waals surface area contributed by atoms with E-state index in [2.05, 4.69) is 25.8 Å². The second-order valence-electron chi connectivity index (χ2n) is 5.97. The second kappa shape index (κ2) is 6.89. The maximum Gasteiger partial charge on any atom is 0.278 e. The Balaban J connectivity index is 1.53. The molecule has 1 aliphatic heterocycles. The fourth-order valence-electron chi connectivity index (χ4n) is 2.76. The minimum atomic E-state index is -0.838. The van der Waals surface area contributed by atoms with E-state index in [4.69, 9.17) is 4.74 Å². The molecule has 1 aromatic carbocycles. The molecule has 0 spiro atoms. The van der Waals surface area contributed by atoms with Gasteiger partial charge in [0.1, 0.15) is 22.7 Å². The lowest BCUT2D eigenvalue weighted by Crippen LogP contribution is -2.34. The summed E-state index contributed by atoms with van der Waals surface area (Å²) in [6.07, 6.45) is 1.85. The third-order valence-corrected chi connectivity index (χ3v) is 5.14. The molecular formula is C16H16N6O3S. The van der Waals surface area contributed by atoms with Gasteiger partial charge in [-0.3, -0.25) is 14.9 Å². The summed E-state index contributed by atoms with van der Waals surface area (Å²) in [6, 6.07) is 6.04. The number of fused-ring (bicyclic) bond motifs is 1. The van der Waals surface area contributed by atoms with E-state index in [0.29, 0.717) is 22.6 Å². The molecule has 1 fully saturated rings. The molecule has 0 bridgehead atoms. The first-order chi connectivity index (χ1) is 12.6. The molecule has 1 N–H and O–H groups in total. The van der Waals surface area contributed by atoms with Gasteiger partial charge in [-0.2, -0.15) is 4.68 Å². The molecule has 26 heavy (non-hydrogen) atoms. The van der Waals surface area contributed by atoms with Crippen molar-refractivity contribution in [3.05, 3.63) is 39.6 Å². The number of ether oxygens (including phenoxy) is 1. The summed E-state index contributed by atoms with van der Waals surface area (Å²) in [5.41, 5.74) is 0.127. The number of nitrogens with one attached hydrogen (secondary N) is 1. The van der Waals surface area contributed by atoms with E-state index in [0.717, 1.165) is 22.5 Å². The molecule has 1 saturated heterocycles. The van der Waals surface area contributed by atoms with Gasteiger partial charge >= 0.3 is 0 Å². The largest absolute Gasteiger partial charge is 0.371 e. The highest BCUT2D eigenvalue weighted by Gasteiger charge is 2.24. The number of benzene rings is 1.